The molecule has 2 aromatic rings. The average molecular weight is 467 g/mol. The molecule has 1 aliphatic rings. The summed E-state index contributed by atoms with van der Waals surface area (Å²) < 4.78 is 94.5. The number of carbonyl (C=O) groups excluding carboxylic acids is 2. The van der Waals surface area contributed by atoms with Crippen molar-refractivity contribution in [1.29, 1.82) is 0 Å². The topological polar surface area (TPSA) is 103 Å². The van der Waals surface area contributed by atoms with Crippen LogP contribution in [0.3, 0.4) is 0 Å². The highest BCUT2D eigenvalue weighted by molar-refractivity contribution is 6.04. The molecule has 0 saturated heterocycles. The molecule has 1 atom stereocenters. The van der Waals surface area contributed by atoms with Crippen LogP contribution in [0.25, 0.3) is 0 Å². The molecule has 2 amide bonds. The van der Waals surface area contributed by atoms with Crippen molar-refractivity contribution in [1.82, 2.24) is 14.8 Å². The van der Waals surface area contributed by atoms with Gasteiger partial charge in [0.15, 0.2) is 0 Å². The minimum Gasteiger partial charge on any atom is -0.364 e. The second-order valence-electron chi connectivity index (χ2n) is 7.32. The molecule has 174 valence electrons. The zero-order chi connectivity index (χ0) is 24.1. The van der Waals surface area contributed by atoms with Crippen LogP contribution >= 0.6 is 0 Å². The highest BCUT2D eigenvalue weighted by Crippen LogP contribution is 2.47. The summed E-state index contributed by atoms with van der Waals surface area (Å²) in [5.41, 5.74) is 1.41. The van der Waals surface area contributed by atoms with E-state index < -0.39 is 65.7 Å². The van der Waals surface area contributed by atoms with E-state index in [0.29, 0.717) is 4.68 Å². The van der Waals surface area contributed by atoms with Gasteiger partial charge in [-0.2, -0.15) is 27.1 Å². The van der Waals surface area contributed by atoms with Crippen molar-refractivity contribution in [3.05, 3.63) is 41.0 Å². The van der Waals surface area contributed by atoms with Crippen molar-refractivity contribution in [3.8, 4) is 0 Å². The fourth-order valence-corrected chi connectivity index (χ4v) is 3.24. The van der Waals surface area contributed by atoms with Gasteiger partial charge in [0.25, 0.3) is 17.7 Å². The number of anilines is 1. The normalized spacial score (nSPS) is 18.2. The molecule has 0 radical (unpaired) electrons. The van der Waals surface area contributed by atoms with Gasteiger partial charge in [-0.15, -0.1) is 0 Å². The number of rotatable bonds is 6. The number of alkyl halides is 7. The van der Waals surface area contributed by atoms with Crippen molar-refractivity contribution in [2.24, 2.45) is 11.7 Å². The molecule has 1 saturated carbocycles. The van der Waals surface area contributed by atoms with Crippen molar-refractivity contribution in [2.75, 3.05) is 5.32 Å². The molecule has 32 heavy (non-hydrogen) atoms. The molecule has 7 nitrogen and oxygen atoms in total. The quantitative estimate of drug-likeness (QED) is 0.634. The Labute approximate surface area is 175 Å². The van der Waals surface area contributed by atoms with Crippen LogP contribution in [-0.4, -0.2) is 38.7 Å². The Hall–Kier alpha value is -3.19. The van der Waals surface area contributed by atoms with Crippen LogP contribution in [0.5, 0.6) is 0 Å². The molecule has 2 aromatic heterocycles. The second-order valence-corrected chi connectivity index (χ2v) is 7.32. The van der Waals surface area contributed by atoms with Crippen LogP contribution in [0.1, 0.15) is 45.1 Å². The van der Waals surface area contributed by atoms with E-state index in [0.717, 1.165) is 19.2 Å². The lowest BCUT2D eigenvalue weighted by atomic mass is 9.81. The van der Waals surface area contributed by atoms with Gasteiger partial charge >= 0.3 is 12.1 Å². The largest absolute Gasteiger partial charge is 0.459 e. The molecule has 3 rings (SSSR count). The molecule has 1 fully saturated rings. The van der Waals surface area contributed by atoms with Gasteiger partial charge in [0.2, 0.25) is 0 Å². The van der Waals surface area contributed by atoms with Crippen LogP contribution in [0.4, 0.5) is 36.4 Å². The van der Waals surface area contributed by atoms with Gasteiger partial charge < -0.3 is 11.1 Å². The zero-order valence-electron chi connectivity index (χ0n) is 16.3. The number of primary amides is 1. The van der Waals surface area contributed by atoms with E-state index in [4.69, 9.17) is 5.73 Å². The Kier molecular flexibility index (Phi) is 5.68. The lowest BCUT2D eigenvalue weighted by molar-refractivity contribution is -0.291. The van der Waals surface area contributed by atoms with Gasteiger partial charge in [0, 0.05) is 29.8 Å². The maximum absolute atomic E-state index is 14.0. The standard InChI is InChI=1S/C18H16F7N5O2/c1-8-12(15(32)28-10-3-5-27-11(6-10)14(26)31)30(7-9-2-4-16(9,19)20)29-13(8)17(21,22)18(23,24)25/h3,5-6,9H,2,4,7H2,1H3,(H2,26,31)(H,27,28,32)/t9-/m1/s1. The van der Waals surface area contributed by atoms with E-state index in [1.165, 1.54) is 6.07 Å². The number of pyridine rings is 1. The van der Waals surface area contributed by atoms with Gasteiger partial charge in [0.1, 0.15) is 17.1 Å². The summed E-state index contributed by atoms with van der Waals surface area (Å²) in [5.74, 6) is -12.1. The highest BCUT2D eigenvalue weighted by atomic mass is 19.4. The summed E-state index contributed by atoms with van der Waals surface area (Å²) in [6.45, 7) is 0.0705. The third-order valence-electron chi connectivity index (χ3n) is 5.14. The fraction of sp³-hybridized carbons (Fsp3) is 0.444. The summed E-state index contributed by atoms with van der Waals surface area (Å²) in [4.78, 5) is 27.6. The fourth-order valence-electron chi connectivity index (χ4n) is 3.24. The molecular weight excluding hydrogens is 451 g/mol. The zero-order valence-corrected chi connectivity index (χ0v) is 16.3. The molecule has 14 heteroatoms. The van der Waals surface area contributed by atoms with Crippen LogP contribution in [-0.2, 0) is 12.5 Å². The molecular formula is C18H16F7N5O2. The molecule has 0 spiro atoms. The van der Waals surface area contributed by atoms with Crippen LogP contribution in [0.2, 0.25) is 0 Å². The molecule has 2 heterocycles. The van der Waals surface area contributed by atoms with Crippen LogP contribution in [0.15, 0.2) is 18.3 Å². The number of carbonyl (C=O) groups is 2. The minimum atomic E-state index is -6.02. The Morgan fingerprint density at radius 2 is 1.94 bits per heavy atom. The predicted octanol–water partition coefficient (Wildman–Crippen LogP) is 3.64. The molecule has 0 bridgehead atoms. The van der Waals surface area contributed by atoms with E-state index in [-0.39, 0.29) is 17.8 Å². The first-order chi connectivity index (χ1) is 14.6. The minimum absolute atomic E-state index is 0.0235. The number of hydrogen-bond donors (Lipinski definition) is 2. The molecule has 0 aromatic carbocycles. The van der Waals surface area contributed by atoms with E-state index in [1.807, 2.05) is 0 Å². The second kappa shape index (κ2) is 7.74. The number of hydrogen-bond acceptors (Lipinski definition) is 4. The van der Waals surface area contributed by atoms with Crippen molar-refractivity contribution >= 4 is 17.5 Å². The smallest absolute Gasteiger partial charge is 0.364 e. The monoisotopic (exact) mass is 467 g/mol. The summed E-state index contributed by atoms with van der Waals surface area (Å²) in [5, 5.41) is 5.42. The first-order valence-electron chi connectivity index (χ1n) is 9.12. The van der Waals surface area contributed by atoms with Gasteiger partial charge in [-0.05, 0) is 25.5 Å². The Morgan fingerprint density at radius 1 is 1.28 bits per heavy atom. The molecule has 0 aliphatic heterocycles. The van der Waals surface area contributed by atoms with Crippen molar-refractivity contribution in [3.63, 3.8) is 0 Å². The number of amides is 2. The van der Waals surface area contributed by atoms with E-state index in [1.54, 1.807) is 0 Å². The Bertz CT molecular complexity index is 1060. The SMILES string of the molecule is Cc1c(C(F)(F)C(F)(F)F)nn(C[C@H]2CCC2(F)F)c1C(=O)Nc1ccnc(C(N)=O)c1. The molecule has 0 unspecified atom stereocenters. The van der Waals surface area contributed by atoms with Gasteiger partial charge in [0.05, 0.1) is 6.54 Å². The Balaban J connectivity index is 2.03. The summed E-state index contributed by atoms with van der Waals surface area (Å²) in [6, 6.07) is 2.24. The first-order valence-corrected chi connectivity index (χ1v) is 9.12. The summed E-state index contributed by atoms with van der Waals surface area (Å²) in [6.07, 6.45) is -5.42. The van der Waals surface area contributed by atoms with Gasteiger partial charge in [-0.3, -0.25) is 19.3 Å². The predicted molar refractivity (Wildman–Crippen MR) is 95.3 cm³/mol. The van der Waals surface area contributed by atoms with Crippen LogP contribution < -0.4 is 11.1 Å². The number of nitrogens with zero attached hydrogens (tertiary/aromatic N) is 3. The van der Waals surface area contributed by atoms with Crippen molar-refractivity contribution < 1.29 is 40.3 Å². The maximum Gasteiger partial charge on any atom is 0.459 e. The third-order valence-corrected chi connectivity index (χ3v) is 5.14. The van der Waals surface area contributed by atoms with Crippen LogP contribution in [0, 0.1) is 12.8 Å². The van der Waals surface area contributed by atoms with Gasteiger partial charge in [-0.25, -0.2) is 8.78 Å². The van der Waals surface area contributed by atoms with E-state index in [2.05, 4.69) is 15.4 Å². The lowest BCUT2D eigenvalue weighted by Gasteiger charge is -2.36. The summed E-state index contributed by atoms with van der Waals surface area (Å²) in [7, 11) is 0. The maximum atomic E-state index is 14.0. The average Bonchev–Trinajstić information content (AvgIpc) is 3.01. The number of aromatic nitrogens is 3. The molecule has 3 N–H and O–H groups in total. The third kappa shape index (κ3) is 4.12. The van der Waals surface area contributed by atoms with Gasteiger partial charge in [-0.1, -0.05) is 0 Å². The first kappa shape index (κ1) is 23.5. The molecule has 1 aliphatic carbocycles. The van der Waals surface area contributed by atoms with Crippen molar-refractivity contribution in [2.45, 2.75) is 44.3 Å². The van der Waals surface area contributed by atoms with E-state index >= 15 is 0 Å². The lowest BCUT2D eigenvalue weighted by Crippen LogP contribution is -2.42. The number of nitrogens with one attached hydrogen (secondary N) is 1. The van der Waals surface area contributed by atoms with E-state index in [9.17, 15) is 40.3 Å². The highest BCUT2D eigenvalue weighted by Gasteiger charge is 2.61. The number of halogens is 7. The Morgan fingerprint density at radius 3 is 2.44 bits per heavy atom. The number of nitrogens with two attached hydrogens (primary N) is 1. The summed E-state index contributed by atoms with van der Waals surface area (Å²) >= 11 is 0.